The van der Waals surface area contributed by atoms with Crippen molar-refractivity contribution in [3.63, 3.8) is 0 Å². The molecule has 27 heteroatoms. The molecule has 0 unspecified atom stereocenters. The van der Waals surface area contributed by atoms with Gasteiger partial charge in [0.1, 0.15) is 6.15 Å². The predicted octanol–water partition coefficient (Wildman–Crippen LogP) is 14.9. The highest BCUT2D eigenvalue weighted by Gasteiger charge is 2.47. The lowest BCUT2D eigenvalue weighted by Crippen LogP contribution is -2.75. The van der Waals surface area contributed by atoms with Gasteiger partial charge in [-0.25, -0.2) is 4.39 Å². The highest BCUT2D eigenvalue weighted by atomic mass is 19.4. The highest BCUT2D eigenvalue weighted by molar-refractivity contribution is 7.20. The number of rotatable bonds is 7. The summed E-state index contributed by atoms with van der Waals surface area (Å²) in [7, 11) is 0. The van der Waals surface area contributed by atoms with E-state index in [4.69, 9.17) is 0 Å². The Bertz CT molecular complexity index is 2770. The first-order valence-electron chi connectivity index (χ1n) is 21.0. The number of aromatic nitrogens is 1. The second-order valence-corrected chi connectivity index (χ2v) is 16.8. The van der Waals surface area contributed by atoms with Crippen molar-refractivity contribution >= 4 is 38.9 Å². The third-order valence-corrected chi connectivity index (χ3v) is 11.8. The molecule has 0 radical (unpaired) electrons. The largest absolute Gasteiger partial charge is 0.416 e. The van der Waals surface area contributed by atoms with Gasteiger partial charge >= 0.3 is 49.4 Å². The van der Waals surface area contributed by atoms with Crippen LogP contribution in [0.3, 0.4) is 0 Å². The minimum absolute atomic E-state index is 0.447. The van der Waals surface area contributed by atoms with Crippen LogP contribution in [-0.4, -0.2) is 6.15 Å². The lowest BCUT2D eigenvalue weighted by molar-refractivity contribution is -0.671. The van der Waals surface area contributed by atoms with Crippen molar-refractivity contribution in [3.8, 4) is 0 Å². The summed E-state index contributed by atoms with van der Waals surface area (Å²) in [5.74, 6) is 0. The number of benzene rings is 6. The molecule has 76 heavy (non-hydrogen) atoms. The second kappa shape index (κ2) is 20.2. The van der Waals surface area contributed by atoms with Gasteiger partial charge in [-0.3, -0.25) is 0 Å². The molecule has 0 aliphatic carbocycles. The minimum atomic E-state index is -6.13. The fraction of sp³-hybridized carbons (Fsp3) is 0.204. The van der Waals surface area contributed by atoms with Gasteiger partial charge in [-0.05, 0) is 36.4 Å². The Kier molecular flexibility index (Phi) is 15.5. The smallest absolute Gasteiger partial charge is 0.239 e. The lowest BCUT2D eigenvalue weighted by Gasteiger charge is -2.46. The third kappa shape index (κ3) is 12.8. The van der Waals surface area contributed by atoms with Crippen LogP contribution < -0.4 is 26.4 Å². The number of alkyl halides is 25. The van der Waals surface area contributed by atoms with Crippen molar-refractivity contribution < 1.29 is 114 Å². The van der Waals surface area contributed by atoms with Crippen LogP contribution in [0.1, 0.15) is 55.8 Å². The summed E-state index contributed by atoms with van der Waals surface area (Å²) in [5, 5.41) is 1.13. The molecule has 6 aromatic carbocycles. The molecule has 0 spiro atoms. The summed E-state index contributed by atoms with van der Waals surface area (Å²) >= 11 is 0. The first-order valence-corrected chi connectivity index (χ1v) is 21.0. The molecule has 0 N–H and O–H groups in total. The lowest BCUT2D eigenvalue weighted by atomic mass is 9.12. The molecular weight excluding hydrogens is 1090 g/mol. The summed E-state index contributed by atoms with van der Waals surface area (Å²) in [4.78, 5) is 0. The Morgan fingerprint density at radius 2 is 0.566 bits per heavy atom. The molecular formula is C49H27BF25N. The van der Waals surface area contributed by atoms with E-state index in [2.05, 4.69) is 18.2 Å². The molecule has 406 valence electrons. The Balaban J connectivity index is 0.000000408. The minimum Gasteiger partial charge on any atom is -0.239 e. The summed E-state index contributed by atoms with van der Waals surface area (Å²) in [6, 6.07) is 13.3. The van der Waals surface area contributed by atoms with Crippen molar-refractivity contribution in [1.29, 1.82) is 0 Å². The number of hydrogen-bond acceptors (Lipinski definition) is 0. The summed E-state index contributed by atoms with van der Waals surface area (Å²) < 4.78 is 356. The molecule has 7 aromatic rings. The van der Waals surface area contributed by atoms with Crippen molar-refractivity contribution in [3.05, 3.63) is 195 Å². The molecule has 1 nitrogen and oxygen atoms in total. The van der Waals surface area contributed by atoms with Crippen LogP contribution >= 0.6 is 0 Å². The van der Waals surface area contributed by atoms with Gasteiger partial charge in [-0.15, -0.1) is 0 Å². The van der Waals surface area contributed by atoms with E-state index in [0.717, 1.165) is 10.9 Å². The first kappa shape index (κ1) is 58.3. The molecule has 0 amide bonds. The molecule has 1 heterocycles. The van der Waals surface area contributed by atoms with Crippen LogP contribution in [0.25, 0.3) is 10.9 Å². The monoisotopic (exact) mass is 1120 g/mol. The van der Waals surface area contributed by atoms with Gasteiger partial charge in [0.05, 0.1) is 44.5 Å². The van der Waals surface area contributed by atoms with Crippen LogP contribution in [0.4, 0.5) is 110 Å². The van der Waals surface area contributed by atoms with Gasteiger partial charge in [-0.2, -0.15) is 132 Å². The van der Waals surface area contributed by atoms with Crippen LogP contribution in [0.15, 0.2) is 140 Å². The van der Waals surface area contributed by atoms with Gasteiger partial charge in [0.15, 0.2) is 13.2 Å². The molecule has 0 fully saturated rings. The summed E-state index contributed by atoms with van der Waals surface area (Å²) in [6.45, 7) is 0.249. The SMILES string of the molecule is FC(F)(F)c1cc([B-](c2cc(C(F)(F)F)cc(C(F)(F)F)c2)(c2cc(C(F)(F)F)cc(C(F)(F)F)c2)c2cc(C(F)(F)F)cc(C(F)(F)F)c2)cc(C(F)(F)F)c1.FCc1ccc2ccccc2[n+]1Cc1ccccc1. The Labute approximate surface area is 410 Å². The molecule has 0 saturated carbocycles. The van der Waals surface area contributed by atoms with E-state index in [9.17, 15) is 110 Å². The van der Waals surface area contributed by atoms with Crippen LogP contribution in [0.2, 0.25) is 0 Å². The van der Waals surface area contributed by atoms with Crippen molar-refractivity contribution in [1.82, 2.24) is 0 Å². The Hall–Kier alpha value is -6.96. The maximum Gasteiger partial charge on any atom is 0.416 e. The van der Waals surface area contributed by atoms with Gasteiger partial charge < -0.3 is 0 Å². The van der Waals surface area contributed by atoms with Crippen LogP contribution in [0.5, 0.6) is 0 Å². The van der Waals surface area contributed by atoms with E-state index in [1.165, 1.54) is 5.56 Å². The van der Waals surface area contributed by atoms with Crippen molar-refractivity contribution in [2.24, 2.45) is 0 Å². The van der Waals surface area contributed by atoms with E-state index >= 15 is 0 Å². The van der Waals surface area contributed by atoms with Gasteiger partial charge in [0, 0.05) is 23.1 Å². The van der Waals surface area contributed by atoms with Crippen LogP contribution in [0, 0.1) is 0 Å². The van der Waals surface area contributed by atoms with Gasteiger partial charge in [0.25, 0.3) is 0 Å². The van der Waals surface area contributed by atoms with E-state index in [0.29, 0.717) is 12.2 Å². The first-order chi connectivity index (χ1) is 34.6. The molecule has 0 aliphatic heterocycles. The third-order valence-electron chi connectivity index (χ3n) is 11.8. The number of para-hydroxylation sites is 1. The van der Waals surface area contributed by atoms with Gasteiger partial charge in [-0.1, -0.05) is 91.0 Å². The van der Waals surface area contributed by atoms with Gasteiger partial charge in [0.2, 0.25) is 11.2 Å². The number of pyridine rings is 1. The fourth-order valence-electron chi connectivity index (χ4n) is 8.44. The maximum absolute atomic E-state index is 14.2. The highest BCUT2D eigenvalue weighted by Crippen LogP contribution is 2.41. The summed E-state index contributed by atoms with van der Waals surface area (Å²) in [6.07, 6.45) is -54.8. The zero-order chi connectivity index (χ0) is 57.0. The fourth-order valence-corrected chi connectivity index (χ4v) is 8.44. The molecule has 1 aromatic heterocycles. The second-order valence-electron chi connectivity index (χ2n) is 16.8. The van der Waals surface area contributed by atoms with Crippen molar-refractivity contribution in [2.75, 3.05) is 0 Å². The number of nitrogens with zero attached hydrogens (tertiary/aromatic N) is 1. The van der Waals surface area contributed by atoms with E-state index in [1.54, 1.807) is 0 Å². The Morgan fingerprint density at radius 3 is 0.829 bits per heavy atom. The number of fused-ring (bicyclic) bond motifs is 1. The maximum atomic E-state index is 14.2. The predicted molar refractivity (Wildman–Crippen MR) is 225 cm³/mol. The topological polar surface area (TPSA) is 3.88 Å². The van der Waals surface area contributed by atoms with Crippen LogP contribution in [-0.2, 0) is 62.6 Å². The molecule has 0 bridgehead atoms. The average molecular weight is 1120 g/mol. The normalized spacial score (nSPS) is 13.4. The standard InChI is InChI=1S/C32H12BF24.C17H15FN/c34-25(35,36)13-1-14(26(37,38)39)6-21(5-13)33(22-7-15(27(40,41)42)2-16(8-22)28(43,44)45,23-9-17(29(46,47)48)3-18(10-23)30(49,50)51)24-11-19(31(52,53)54)4-20(12-24)32(55,56)57;18-12-16-11-10-15-8-4-5-9-17(15)19(16)13-14-6-2-1-3-7-14/h1-12H;1-11H,12-13H2/q-1;+1. The summed E-state index contributed by atoms with van der Waals surface area (Å²) in [5.41, 5.74) is -27.2. The van der Waals surface area contributed by atoms with E-state index < -0.39 is 201 Å². The average Bonchev–Trinajstić information content (AvgIpc) is 3.30. The zero-order valence-electron chi connectivity index (χ0n) is 37.2. The molecule has 7 rings (SSSR count). The molecule has 0 atom stereocenters. The number of hydrogen-bond donors (Lipinski definition) is 0. The quantitative estimate of drug-likeness (QED) is 0.0851. The number of halogens is 25. The van der Waals surface area contributed by atoms with E-state index in [-0.39, 0.29) is 0 Å². The molecule has 0 aliphatic rings. The van der Waals surface area contributed by atoms with Crippen molar-refractivity contribution in [2.45, 2.75) is 62.6 Å². The van der Waals surface area contributed by atoms with E-state index in [1.807, 2.05) is 53.1 Å². The Morgan fingerprint density at radius 1 is 0.303 bits per heavy atom. The molecule has 0 saturated heterocycles. The zero-order valence-corrected chi connectivity index (χ0v) is 37.2.